The van der Waals surface area contributed by atoms with Crippen molar-refractivity contribution in [3.8, 4) is 0 Å². The zero-order valence-electron chi connectivity index (χ0n) is 12.7. The van der Waals surface area contributed by atoms with Crippen LogP contribution in [0.5, 0.6) is 0 Å². The Bertz CT molecular complexity index is 493. The number of amides is 2. The quantitative estimate of drug-likeness (QED) is 0.625. The van der Waals surface area contributed by atoms with E-state index in [0.29, 0.717) is 24.8 Å². The largest absolute Gasteiger partial charge is 0.463 e. The first-order valence-electron chi connectivity index (χ1n) is 7.01. The molecule has 2 amide bonds. The number of benzene rings is 1. The third-order valence-corrected chi connectivity index (χ3v) is 2.54. The summed E-state index contributed by atoms with van der Waals surface area (Å²) in [5.74, 6) is 0.0407. The topological polar surface area (TPSA) is 67.4 Å². The molecule has 0 radical (unpaired) electrons. The minimum atomic E-state index is -0.368. The van der Waals surface area contributed by atoms with E-state index in [0.717, 1.165) is 5.56 Å². The highest BCUT2D eigenvalue weighted by molar-refractivity contribution is 5.90. The fourth-order valence-electron chi connectivity index (χ4n) is 1.50. The summed E-state index contributed by atoms with van der Waals surface area (Å²) in [6.45, 7) is 6.82. The van der Waals surface area contributed by atoms with Gasteiger partial charge in [0.25, 0.3) is 0 Å². The van der Waals surface area contributed by atoms with Crippen LogP contribution in [0.2, 0.25) is 0 Å². The molecule has 2 N–H and O–H groups in total. The van der Waals surface area contributed by atoms with Gasteiger partial charge in [-0.3, -0.25) is 0 Å². The van der Waals surface area contributed by atoms with E-state index in [1.807, 2.05) is 26.0 Å². The van der Waals surface area contributed by atoms with E-state index in [1.54, 1.807) is 25.1 Å². The molecule has 5 nitrogen and oxygen atoms in total. The minimum Gasteiger partial charge on any atom is -0.463 e. The first-order chi connectivity index (χ1) is 10.0. The molecule has 0 saturated heterocycles. The average Bonchev–Trinajstić information content (AvgIpc) is 2.45. The van der Waals surface area contributed by atoms with Crippen LogP contribution < -0.4 is 10.6 Å². The summed E-state index contributed by atoms with van der Waals surface area (Å²) >= 11 is 0. The van der Waals surface area contributed by atoms with Crippen LogP contribution in [0, 0.1) is 5.92 Å². The van der Waals surface area contributed by atoms with Crippen molar-refractivity contribution in [1.82, 2.24) is 5.32 Å². The highest BCUT2D eigenvalue weighted by Crippen LogP contribution is 2.10. The van der Waals surface area contributed by atoms with Crippen molar-refractivity contribution in [2.45, 2.75) is 20.8 Å². The molecule has 5 heteroatoms. The van der Waals surface area contributed by atoms with Gasteiger partial charge in [-0.2, -0.15) is 0 Å². The lowest BCUT2D eigenvalue weighted by atomic mass is 10.2. The third-order valence-electron chi connectivity index (χ3n) is 2.54. The predicted molar refractivity (Wildman–Crippen MR) is 84.0 cm³/mol. The smallest absolute Gasteiger partial charge is 0.330 e. The number of rotatable bonds is 6. The molecule has 0 aliphatic heterocycles. The second-order valence-electron chi connectivity index (χ2n) is 4.94. The molecule has 1 aromatic rings. The van der Waals surface area contributed by atoms with E-state index < -0.39 is 0 Å². The van der Waals surface area contributed by atoms with Crippen LogP contribution in [0.1, 0.15) is 26.3 Å². The Morgan fingerprint density at radius 3 is 2.48 bits per heavy atom. The molecule has 0 fully saturated rings. The van der Waals surface area contributed by atoms with E-state index in [1.165, 1.54) is 6.08 Å². The van der Waals surface area contributed by atoms with E-state index in [2.05, 4.69) is 10.6 Å². The van der Waals surface area contributed by atoms with Gasteiger partial charge in [0, 0.05) is 18.3 Å². The van der Waals surface area contributed by atoms with Crippen LogP contribution in [0.4, 0.5) is 10.5 Å². The second-order valence-corrected chi connectivity index (χ2v) is 4.94. The summed E-state index contributed by atoms with van der Waals surface area (Å²) < 4.78 is 4.80. The Labute approximate surface area is 125 Å². The SMILES string of the molecule is CCOC(=O)C=Cc1ccc(NC(=O)NCC(C)C)cc1. The maximum atomic E-state index is 11.6. The second kappa shape index (κ2) is 8.79. The van der Waals surface area contributed by atoms with E-state index in [9.17, 15) is 9.59 Å². The Morgan fingerprint density at radius 2 is 1.90 bits per heavy atom. The van der Waals surface area contributed by atoms with Gasteiger partial charge in [0.05, 0.1) is 6.61 Å². The molecular weight excluding hydrogens is 268 g/mol. The first kappa shape index (κ1) is 16.8. The fourth-order valence-corrected chi connectivity index (χ4v) is 1.50. The van der Waals surface area contributed by atoms with E-state index >= 15 is 0 Å². The van der Waals surface area contributed by atoms with Crippen LogP contribution in [-0.4, -0.2) is 25.2 Å². The number of hydrogen-bond acceptors (Lipinski definition) is 3. The Balaban J connectivity index is 2.50. The summed E-state index contributed by atoms with van der Waals surface area (Å²) in [7, 11) is 0. The molecule has 0 unspecified atom stereocenters. The molecule has 114 valence electrons. The maximum Gasteiger partial charge on any atom is 0.330 e. The van der Waals surface area contributed by atoms with Gasteiger partial charge in [0.2, 0.25) is 0 Å². The van der Waals surface area contributed by atoms with E-state index in [-0.39, 0.29) is 12.0 Å². The lowest BCUT2D eigenvalue weighted by Gasteiger charge is -2.09. The number of carbonyl (C=O) groups is 2. The van der Waals surface area contributed by atoms with Crippen molar-refractivity contribution >= 4 is 23.8 Å². The van der Waals surface area contributed by atoms with Crippen molar-refractivity contribution in [2.24, 2.45) is 5.92 Å². The van der Waals surface area contributed by atoms with E-state index in [4.69, 9.17) is 4.74 Å². The Hall–Kier alpha value is -2.30. The lowest BCUT2D eigenvalue weighted by Crippen LogP contribution is -2.31. The van der Waals surface area contributed by atoms with Crippen LogP contribution in [0.15, 0.2) is 30.3 Å². The highest BCUT2D eigenvalue weighted by atomic mass is 16.5. The van der Waals surface area contributed by atoms with Gasteiger partial charge < -0.3 is 15.4 Å². The van der Waals surface area contributed by atoms with Crippen LogP contribution >= 0.6 is 0 Å². The molecule has 0 atom stereocenters. The maximum absolute atomic E-state index is 11.6. The van der Waals surface area contributed by atoms with Gasteiger partial charge >= 0.3 is 12.0 Å². The molecule has 0 heterocycles. The fraction of sp³-hybridized carbons (Fsp3) is 0.375. The summed E-state index contributed by atoms with van der Waals surface area (Å²) in [5.41, 5.74) is 1.56. The molecule has 0 saturated carbocycles. The van der Waals surface area contributed by atoms with Crippen LogP contribution in [-0.2, 0) is 9.53 Å². The van der Waals surface area contributed by atoms with Crippen molar-refractivity contribution in [1.29, 1.82) is 0 Å². The number of anilines is 1. The lowest BCUT2D eigenvalue weighted by molar-refractivity contribution is -0.137. The minimum absolute atomic E-state index is 0.224. The van der Waals surface area contributed by atoms with Crippen molar-refractivity contribution < 1.29 is 14.3 Å². The van der Waals surface area contributed by atoms with Gasteiger partial charge in [0.15, 0.2) is 0 Å². The highest BCUT2D eigenvalue weighted by Gasteiger charge is 2.02. The summed E-state index contributed by atoms with van der Waals surface area (Å²) in [6, 6.07) is 6.96. The van der Waals surface area contributed by atoms with Crippen molar-refractivity contribution in [3.63, 3.8) is 0 Å². The first-order valence-corrected chi connectivity index (χ1v) is 7.01. The third kappa shape index (κ3) is 7.15. The predicted octanol–water partition coefficient (Wildman–Crippen LogP) is 3.04. The molecule has 0 aliphatic carbocycles. The summed E-state index contributed by atoms with van der Waals surface area (Å²) in [4.78, 5) is 22.8. The molecule has 0 spiro atoms. The van der Waals surface area contributed by atoms with Gasteiger partial charge in [-0.1, -0.05) is 26.0 Å². The zero-order valence-corrected chi connectivity index (χ0v) is 12.7. The molecule has 0 aliphatic rings. The van der Waals surface area contributed by atoms with Crippen LogP contribution in [0.3, 0.4) is 0 Å². The monoisotopic (exact) mass is 290 g/mol. The molecule has 21 heavy (non-hydrogen) atoms. The molecule has 0 aromatic heterocycles. The Morgan fingerprint density at radius 1 is 1.24 bits per heavy atom. The number of ether oxygens (including phenoxy) is 1. The van der Waals surface area contributed by atoms with Crippen molar-refractivity contribution in [2.75, 3.05) is 18.5 Å². The number of hydrogen-bond donors (Lipinski definition) is 2. The molecule has 0 bridgehead atoms. The number of urea groups is 1. The number of nitrogens with one attached hydrogen (secondary N) is 2. The molecule has 1 rings (SSSR count). The normalized spacial score (nSPS) is 10.7. The summed E-state index contributed by atoms with van der Waals surface area (Å²) in [5, 5.41) is 5.52. The standard InChI is InChI=1S/C16H22N2O3/c1-4-21-15(19)10-7-13-5-8-14(9-6-13)18-16(20)17-11-12(2)3/h5-10,12H,4,11H2,1-3H3,(H2,17,18,20). The average molecular weight is 290 g/mol. The number of carbonyl (C=O) groups excluding carboxylic acids is 2. The molecule has 1 aromatic carbocycles. The van der Waals surface area contributed by atoms with Crippen molar-refractivity contribution in [3.05, 3.63) is 35.9 Å². The van der Waals surface area contributed by atoms with Crippen LogP contribution in [0.25, 0.3) is 6.08 Å². The zero-order chi connectivity index (χ0) is 15.7. The van der Waals surface area contributed by atoms with Gasteiger partial charge in [-0.25, -0.2) is 9.59 Å². The molecular formula is C16H22N2O3. The Kier molecular flexibility index (Phi) is 7.01. The number of esters is 1. The van der Waals surface area contributed by atoms with Gasteiger partial charge in [-0.05, 0) is 36.6 Å². The summed E-state index contributed by atoms with van der Waals surface area (Å²) in [6.07, 6.45) is 3.04. The van der Waals surface area contributed by atoms with Gasteiger partial charge in [0.1, 0.15) is 0 Å². The van der Waals surface area contributed by atoms with Gasteiger partial charge in [-0.15, -0.1) is 0 Å².